The molecule has 0 saturated heterocycles. The molecule has 0 unspecified atom stereocenters. The Kier molecular flexibility index (Phi) is 10.0. The highest BCUT2D eigenvalue weighted by molar-refractivity contribution is 5.91. The first-order chi connectivity index (χ1) is 21.0. The van der Waals surface area contributed by atoms with Gasteiger partial charge in [0.05, 0.1) is 26.4 Å². The number of amides is 1. The van der Waals surface area contributed by atoms with Gasteiger partial charge in [0.1, 0.15) is 29.1 Å². The van der Waals surface area contributed by atoms with Crippen molar-refractivity contribution in [2.75, 3.05) is 39.6 Å². The quantitative estimate of drug-likeness (QED) is 0.0618. The SMILES string of the molecule is O=C(/C=C/c1ccc(O)c(O)c1)NCCOCCOCCOc1c(-c2cc(O)c(O)c(O)c2)oc2cc(O)cc(O)c2c1=O. The fourth-order valence-electron chi connectivity index (χ4n) is 3.97. The maximum absolute atomic E-state index is 13.2. The van der Waals surface area contributed by atoms with Gasteiger partial charge in [-0.1, -0.05) is 6.07 Å². The van der Waals surface area contributed by atoms with Crippen molar-refractivity contribution >= 4 is 23.0 Å². The maximum atomic E-state index is 13.2. The zero-order chi connectivity index (χ0) is 31.8. The number of hydrogen-bond donors (Lipinski definition) is 8. The smallest absolute Gasteiger partial charge is 0.244 e. The minimum absolute atomic E-state index is 0.00224. The van der Waals surface area contributed by atoms with Gasteiger partial charge in [-0.3, -0.25) is 9.59 Å². The number of aromatic hydroxyl groups is 7. The topological polar surface area (TPSA) is 229 Å². The average molecular weight is 612 g/mol. The van der Waals surface area contributed by atoms with Crippen LogP contribution in [0, 0.1) is 0 Å². The number of rotatable bonds is 13. The molecule has 0 aliphatic rings. The van der Waals surface area contributed by atoms with Crippen molar-refractivity contribution in [2.24, 2.45) is 0 Å². The molecular weight excluding hydrogens is 582 g/mol. The summed E-state index contributed by atoms with van der Waals surface area (Å²) in [7, 11) is 0. The summed E-state index contributed by atoms with van der Waals surface area (Å²) in [4.78, 5) is 25.1. The van der Waals surface area contributed by atoms with Crippen LogP contribution in [0.3, 0.4) is 0 Å². The first kappa shape index (κ1) is 31.3. The lowest BCUT2D eigenvalue weighted by molar-refractivity contribution is -0.116. The molecule has 0 spiro atoms. The van der Waals surface area contributed by atoms with E-state index in [1.807, 2.05) is 0 Å². The van der Waals surface area contributed by atoms with E-state index in [0.717, 1.165) is 24.3 Å². The van der Waals surface area contributed by atoms with Crippen LogP contribution in [0.4, 0.5) is 0 Å². The van der Waals surface area contributed by atoms with Crippen molar-refractivity contribution in [2.45, 2.75) is 0 Å². The Morgan fingerprint density at radius 2 is 1.45 bits per heavy atom. The molecule has 4 rings (SSSR count). The van der Waals surface area contributed by atoms with Crippen LogP contribution in [-0.4, -0.2) is 81.2 Å². The second-order valence-corrected chi connectivity index (χ2v) is 9.24. The van der Waals surface area contributed by atoms with Crippen molar-refractivity contribution in [3.8, 4) is 57.3 Å². The summed E-state index contributed by atoms with van der Waals surface area (Å²) in [5.74, 6) is -4.66. The van der Waals surface area contributed by atoms with Gasteiger partial charge >= 0.3 is 0 Å². The molecule has 0 aliphatic heterocycles. The van der Waals surface area contributed by atoms with Crippen molar-refractivity contribution in [3.63, 3.8) is 0 Å². The molecule has 0 radical (unpaired) electrons. The number of carbonyl (C=O) groups is 1. The van der Waals surface area contributed by atoms with Crippen LogP contribution < -0.4 is 15.5 Å². The van der Waals surface area contributed by atoms with Gasteiger partial charge in [0.15, 0.2) is 34.5 Å². The van der Waals surface area contributed by atoms with Gasteiger partial charge in [-0.05, 0) is 35.9 Å². The van der Waals surface area contributed by atoms with E-state index in [1.165, 1.54) is 30.4 Å². The van der Waals surface area contributed by atoms with Crippen LogP contribution >= 0.6 is 0 Å². The molecule has 3 aromatic carbocycles. The van der Waals surface area contributed by atoms with E-state index in [2.05, 4.69) is 5.32 Å². The average Bonchev–Trinajstić information content (AvgIpc) is 2.97. The lowest BCUT2D eigenvalue weighted by Crippen LogP contribution is -2.26. The van der Waals surface area contributed by atoms with E-state index in [9.17, 15) is 45.3 Å². The summed E-state index contributed by atoms with van der Waals surface area (Å²) in [6.45, 7) is 0.611. The Bertz CT molecular complexity index is 1720. The monoisotopic (exact) mass is 611 g/mol. The molecule has 232 valence electrons. The molecule has 44 heavy (non-hydrogen) atoms. The predicted octanol–water partition coefficient (Wildman–Crippen LogP) is 2.64. The summed E-state index contributed by atoms with van der Waals surface area (Å²) in [5, 5.41) is 70.8. The van der Waals surface area contributed by atoms with Crippen LogP contribution in [0.1, 0.15) is 5.56 Å². The Balaban J connectivity index is 1.26. The summed E-state index contributed by atoms with van der Waals surface area (Å²) in [6.07, 6.45) is 2.75. The molecule has 0 aliphatic carbocycles. The lowest BCUT2D eigenvalue weighted by atomic mass is 10.1. The van der Waals surface area contributed by atoms with Crippen LogP contribution in [-0.2, 0) is 14.3 Å². The molecule has 1 amide bonds. The number of carbonyl (C=O) groups excluding carboxylic acids is 1. The molecule has 14 heteroatoms. The third-order valence-corrected chi connectivity index (χ3v) is 6.07. The van der Waals surface area contributed by atoms with Crippen molar-refractivity contribution in [1.82, 2.24) is 5.32 Å². The zero-order valence-corrected chi connectivity index (χ0v) is 23.0. The highest BCUT2D eigenvalue weighted by Crippen LogP contribution is 2.42. The molecule has 8 N–H and O–H groups in total. The summed E-state index contributed by atoms with van der Waals surface area (Å²) in [5.41, 5.74) is -0.499. The molecule has 0 bridgehead atoms. The van der Waals surface area contributed by atoms with Gasteiger partial charge in [0.25, 0.3) is 0 Å². The Morgan fingerprint density at radius 3 is 2.16 bits per heavy atom. The molecule has 0 fully saturated rings. The van der Waals surface area contributed by atoms with E-state index >= 15 is 0 Å². The minimum Gasteiger partial charge on any atom is -0.508 e. The fourth-order valence-corrected chi connectivity index (χ4v) is 3.97. The molecule has 14 nitrogen and oxygen atoms in total. The highest BCUT2D eigenvalue weighted by Gasteiger charge is 2.22. The first-order valence-electron chi connectivity index (χ1n) is 13.1. The van der Waals surface area contributed by atoms with Gasteiger partial charge in [-0.25, -0.2) is 0 Å². The normalized spacial score (nSPS) is 11.3. The van der Waals surface area contributed by atoms with Gasteiger partial charge < -0.3 is 59.7 Å². The lowest BCUT2D eigenvalue weighted by Gasteiger charge is -2.13. The van der Waals surface area contributed by atoms with Crippen LogP contribution in [0.15, 0.2) is 57.8 Å². The molecule has 1 heterocycles. The first-order valence-corrected chi connectivity index (χ1v) is 13.1. The fraction of sp³-hybridized carbons (Fsp3) is 0.200. The highest BCUT2D eigenvalue weighted by atomic mass is 16.5. The molecule has 0 saturated carbocycles. The number of phenolic OH excluding ortho intramolecular Hbond substituents is 7. The van der Waals surface area contributed by atoms with Crippen LogP contribution in [0.5, 0.6) is 46.0 Å². The summed E-state index contributed by atoms with van der Waals surface area (Å²) >= 11 is 0. The van der Waals surface area contributed by atoms with E-state index in [1.54, 1.807) is 0 Å². The molecular formula is C30H29NO13. The van der Waals surface area contributed by atoms with Gasteiger partial charge in [0.2, 0.25) is 17.1 Å². The number of fused-ring (bicyclic) bond motifs is 1. The summed E-state index contributed by atoms with van der Waals surface area (Å²) in [6, 6.07) is 8.27. The molecule has 1 aromatic heterocycles. The van der Waals surface area contributed by atoms with E-state index in [4.69, 9.17) is 18.6 Å². The number of ether oxygens (including phenoxy) is 3. The maximum Gasteiger partial charge on any atom is 0.244 e. The number of benzene rings is 3. The van der Waals surface area contributed by atoms with Gasteiger partial charge in [-0.15, -0.1) is 0 Å². The van der Waals surface area contributed by atoms with E-state index in [0.29, 0.717) is 5.56 Å². The second-order valence-electron chi connectivity index (χ2n) is 9.24. The number of phenols is 7. The number of nitrogens with one attached hydrogen (secondary N) is 1. The zero-order valence-electron chi connectivity index (χ0n) is 23.0. The van der Waals surface area contributed by atoms with Crippen molar-refractivity contribution in [3.05, 3.63) is 64.3 Å². The largest absolute Gasteiger partial charge is 0.508 e. The van der Waals surface area contributed by atoms with E-state index in [-0.39, 0.29) is 90.8 Å². The van der Waals surface area contributed by atoms with Crippen molar-refractivity contribution in [1.29, 1.82) is 0 Å². The van der Waals surface area contributed by atoms with Gasteiger partial charge in [0, 0.05) is 30.3 Å². The van der Waals surface area contributed by atoms with Crippen LogP contribution in [0.2, 0.25) is 0 Å². The molecule has 0 atom stereocenters. The predicted molar refractivity (Wildman–Crippen MR) is 155 cm³/mol. The van der Waals surface area contributed by atoms with Crippen molar-refractivity contribution < 1.29 is 59.2 Å². The third-order valence-electron chi connectivity index (χ3n) is 6.07. The molecule has 4 aromatic rings. The van der Waals surface area contributed by atoms with E-state index < -0.39 is 28.4 Å². The van der Waals surface area contributed by atoms with Crippen LogP contribution in [0.25, 0.3) is 28.4 Å². The Labute approximate surface area is 248 Å². The Morgan fingerprint density at radius 1 is 0.773 bits per heavy atom. The minimum atomic E-state index is -0.799. The number of hydrogen-bond acceptors (Lipinski definition) is 13. The Hall–Kier alpha value is -5.60. The summed E-state index contributed by atoms with van der Waals surface area (Å²) < 4.78 is 22.2. The second kappa shape index (κ2) is 14.0. The standard InChI is InChI=1S/C30H29NO13/c32-18-14-21(35)26-24(15-18)44-29(17-12-22(36)27(39)23(37)13-17)30(28(26)40)43-10-9-42-8-7-41-6-5-31-25(38)4-2-16-1-3-19(33)20(34)11-16/h1-4,11-15,32-37,39H,5-10H2,(H,31,38)/b4-2+. The third kappa shape index (κ3) is 7.61. The van der Waals surface area contributed by atoms with Gasteiger partial charge in [-0.2, -0.15) is 0 Å².